The second kappa shape index (κ2) is 6.62. The Labute approximate surface area is 130 Å². The molecule has 22 heavy (non-hydrogen) atoms. The number of ether oxygens (including phenoxy) is 1. The number of anilines is 1. The molecule has 4 heteroatoms. The molecule has 0 aromatic heterocycles. The molecule has 0 heterocycles. The highest BCUT2D eigenvalue weighted by atomic mass is 16.6. The average molecular weight is 299 g/mol. The van der Waals surface area contributed by atoms with Crippen LogP contribution in [0.25, 0.3) is 0 Å². The Morgan fingerprint density at radius 2 is 1.68 bits per heavy atom. The first-order valence-electron chi connectivity index (χ1n) is 7.18. The normalized spacial score (nSPS) is 12.5. The number of benzene rings is 2. The first-order chi connectivity index (χ1) is 10.3. The van der Waals surface area contributed by atoms with Gasteiger partial charge in [-0.25, -0.2) is 4.79 Å². The number of aliphatic hydroxyl groups is 1. The van der Waals surface area contributed by atoms with E-state index in [4.69, 9.17) is 4.74 Å². The first-order valence-corrected chi connectivity index (χ1v) is 7.18. The van der Waals surface area contributed by atoms with Gasteiger partial charge in [0.05, 0.1) is 0 Å². The van der Waals surface area contributed by atoms with Gasteiger partial charge in [-0.15, -0.1) is 0 Å². The van der Waals surface area contributed by atoms with Crippen molar-refractivity contribution in [3.8, 4) is 0 Å². The lowest BCUT2D eigenvalue weighted by atomic mass is 10.0. The van der Waals surface area contributed by atoms with Crippen molar-refractivity contribution >= 4 is 11.8 Å². The number of hydrogen-bond acceptors (Lipinski definition) is 3. The lowest BCUT2D eigenvalue weighted by Gasteiger charge is -2.20. The first kappa shape index (κ1) is 16.0. The highest BCUT2D eigenvalue weighted by molar-refractivity contribution is 5.85. The van der Waals surface area contributed by atoms with Crippen LogP contribution in [0.5, 0.6) is 0 Å². The Bertz CT molecular complexity index is 632. The zero-order valence-corrected chi connectivity index (χ0v) is 13.0. The van der Waals surface area contributed by atoms with Crippen LogP contribution in [-0.4, -0.2) is 16.8 Å². The molecule has 1 unspecified atom stereocenters. The summed E-state index contributed by atoms with van der Waals surface area (Å²) in [6.45, 7) is 5.42. The molecule has 0 aliphatic rings. The summed E-state index contributed by atoms with van der Waals surface area (Å²) in [6, 6.07) is 16.5. The lowest BCUT2D eigenvalue weighted by Crippen LogP contribution is -2.27. The zero-order valence-electron chi connectivity index (χ0n) is 13.0. The standard InChI is InChI=1S/C18H21NO3/c1-18(2,3)22-17(21)19-15-11-7-10-14(12-15)16(20)13-8-5-4-6-9-13/h4-12,16,20H,1-3H3,(H,19,21). The average Bonchev–Trinajstić information content (AvgIpc) is 2.45. The van der Waals surface area contributed by atoms with E-state index in [-0.39, 0.29) is 0 Å². The molecule has 2 rings (SSSR count). The van der Waals surface area contributed by atoms with Gasteiger partial charge in [-0.2, -0.15) is 0 Å². The highest BCUT2D eigenvalue weighted by Crippen LogP contribution is 2.24. The van der Waals surface area contributed by atoms with E-state index in [1.807, 2.05) is 57.2 Å². The summed E-state index contributed by atoms with van der Waals surface area (Å²) in [5, 5.41) is 13.1. The van der Waals surface area contributed by atoms with Crippen LogP contribution in [0.4, 0.5) is 10.5 Å². The third-order valence-electron chi connectivity index (χ3n) is 2.96. The van der Waals surface area contributed by atoms with Gasteiger partial charge in [0, 0.05) is 5.69 Å². The Morgan fingerprint density at radius 1 is 1.05 bits per heavy atom. The fourth-order valence-corrected chi connectivity index (χ4v) is 2.04. The van der Waals surface area contributed by atoms with Crippen LogP contribution >= 0.6 is 0 Å². The molecule has 0 radical (unpaired) electrons. The van der Waals surface area contributed by atoms with Gasteiger partial charge >= 0.3 is 6.09 Å². The predicted octanol–water partition coefficient (Wildman–Crippen LogP) is 4.12. The van der Waals surface area contributed by atoms with Gasteiger partial charge in [0.2, 0.25) is 0 Å². The maximum absolute atomic E-state index is 11.8. The molecule has 0 spiro atoms. The second-order valence-electron chi connectivity index (χ2n) is 6.07. The molecule has 0 fully saturated rings. The Hall–Kier alpha value is -2.33. The molecule has 0 aliphatic carbocycles. The Morgan fingerprint density at radius 3 is 2.32 bits per heavy atom. The van der Waals surface area contributed by atoms with Crippen LogP contribution in [-0.2, 0) is 4.74 Å². The van der Waals surface area contributed by atoms with E-state index >= 15 is 0 Å². The molecule has 2 N–H and O–H groups in total. The Balaban J connectivity index is 2.12. The van der Waals surface area contributed by atoms with E-state index in [2.05, 4.69) is 5.32 Å². The summed E-state index contributed by atoms with van der Waals surface area (Å²) in [4.78, 5) is 11.8. The second-order valence-corrected chi connectivity index (χ2v) is 6.07. The largest absolute Gasteiger partial charge is 0.444 e. The van der Waals surface area contributed by atoms with Crippen molar-refractivity contribution in [2.75, 3.05) is 5.32 Å². The molecule has 0 saturated carbocycles. The van der Waals surface area contributed by atoms with Gasteiger partial charge in [0.1, 0.15) is 11.7 Å². The van der Waals surface area contributed by atoms with Crippen molar-refractivity contribution in [2.45, 2.75) is 32.5 Å². The van der Waals surface area contributed by atoms with Crippen molar-refractivity contribution < 1.29 is 14.6 Å². The van der Waals surface area contributed by atoms with E-state index in [1.54, 1.807) is 18.2 Å². The minimum Gasteiger partial charge on any atom is -0.444 e. The van der Waals surface area contributed by atoms with E-state index in [0.29, 0.717) is 11.3 Å². The molecule has 116 valence electrons. The van der Waals surface area contributed by atoms with Gasteiger partial charge in [0.15, 0.2) is 0 Å². The summed E-state index contributed by atoms with van der Waals surface area (Å²) < 4.78 is 5.21. The third-order valence-corrected chi connectivity index (χ3v) is 2.96. The molecule has 1 amide bonds. The van der Waals surface area contributed by atoms with Crippen LogP contribution in [0, 0.1) is 0 Å². The molecule has 0 saturated heterocycles. The third kappa shape index (κ3) is 4.60. The number of aliphatic hydroxyl groups excluding tert-OH is 1. The summed E-state index contributed by atoms with van der Waals surface area (Å²) in [5.74, 6) is 0. The molecule has 0 aliphatic heterocycles. The fraction of sp³-hybridized carbons (Fsp3) is 0.278. The van der Waals surface area contributed by atoms with E-state index in [9.17, 15) is 9.90 Å². The predicted molar refractivity (Wildman–Crippen MR) is 86.8 cm³/mol. The number of rotatable bonds is 3. The number of carbonyl (C=O) groups is 1. The SMILES string of the molecule is CC(C)(C)OC(=O)Nc1cccc(C(O)c2ccccc2)c1. The number of carbonyl (C=O) groups excluding carboxylic acids is 1. The molecule has 2 aromatic rings. The van der Waals surface area contributed by atoms with Gasteiger partial charge < -0.3 is 9.84 Å². The molecular weight excluding hydrogens is 278 g/mol. The van der Waals surface area contributed by atoms with Gasteiger partial charge in [-0.3, -0.25) is 5.32 Å². The number of hydrogen-bond donors (Lipinski definition) is 2. The van der Waals surface area contributed by atoms with E-state index < -0.39 is 17.8 Å². The van der Waals surface area contributed by atoms with Crippen LogP contribution in [0.15, 0.2) is 54.6 Å². The molecule has 4 nitrogen and oxygen atoms in total. The van der Waals surface area contributed by atoms with Crippen molar-refractivity contribution in [2.24, 2.45) is 0 Å². The van der Waals surface area contributed by atoms with E-state index in [0.717, 1.165) is 5.56 Å². The quantitative estimate of drug-likeness (QED) is 0.896. The maximum Gasteiger partial charge on any atom is 0.412 e. The highest BCUT2D eigenvalue weighted by Gasteiger charge is 2.17. The minimum atomic E-state index is -0.735. The summed E-state index contributed by atoms with van der Waals surface area (Å²) in [7, 11) is 0. The maximum atomic E-state index is 11.8. The van der Waals surface area contributed by atoms with E-state index in [1.165, 1.54) is 0 Å². The monoisotopic (exact) mass is 299 g/mol. The summed E-state index contributed by atoms with van der Waals surface area (Å²) in [6.07, 6.45) is -1.25. The van der Waals surface area contributed by atoms with Crippen molar-refractivity contribution in [1.29, 1.82) is 0 Å². The van der Waals surface area contributed by atoms with Crippen LogP contribution in [0.1, 0.15) is 38.0 Å². The van der Waals surface area contributed by atoms with Crippen molar-refractivity contribution in [3.63, 3.8) is 0 Å². The van der Waals surface area contributed by atoms with Crippen LogP contribution in [0.2, 0.25) is 0 Å². The smallest absolute Gasteiger partial charge is 0.412 e. The number of amides is 1. The lowest BCUT2D eigenvalue weighted by molar-refractivity contribution is 0.0636. The van der Waals surface area contributed by atoms with Gasteiger partial charge in [0.25, 0.3) is 0 Å². The summed E-state index contributed by atoms with van der Waals surface area (Å²) in [5.41, 5.74) is 1.55. The topological polar surface area (TPSA) is 58.6 Å². The van der Waals surface area contributed by atoms with Gasteiger partial charge in [-0.05, 0) is 44.0 Å². The van der Waals surface area contributed by atoms with Crippen LogP contribution in [0.3, 0.4) is 0 Å². The van der Waals surface area contributed by atoms with Crippen molar-refractivity contribution in [3.05, 3.63) is 65.7 Å². The van der Waals surface area contributed by atoms with Gasteiger partial charge in [-0.1, -0.05) is 42.5 Å². The van der Waals surface area contributed by atoms with Crippen LogP contribution < -0.4 is 5.32 Å². The fourth-order valence-electron chi connectivity index (χ4n) is 2.04. The molecule has 1 atom stereocenters. The van der Waals surface area contributed by atoms with Crippen molar-refractivity contribution in [1.82, 2.24) is 0 Å². The molecular formula is C18H21NO3. The summed E-state index contributed by atoms with van der Waals surface area (Å²) >= 11 is 0. The number of nitrogens with one attached hydrogen (secondary N) is 1. The minimum absolute atomic E-state index is 0.515. The molecule has 0 bridgehead atoms. The zero-order chi connectivity index (χ0) is 16.2. The molecule has 2 aromatic carbocycles. The Kier molecular flexibility index (Phi) is 4.83.